The summed E-state index contributed by atoms with van der Waals surface area (Å²) in [4.78, 5) is 14.5. The predicted octanol–water partition coefficient (Wildman–Crippen LogP) is 3.66. The van der Waals surface area contributed by atoms with Crippen LogP contribution in [-0.4, -0.2) is 50.4 Å². The van der Waals surface area contributed by atoms with E-state index in [1.54, 1.807) is 0 Å². The molecule has 1 fully saturated rings. The van der Waals surface area contributed by atoms with Gasteiger partial charge in [0.25, 0.3) is 0 Å². The summed E-state index contributed by atoms with van der Waals surface area (Å²) < 4.78 is 11.3. The predicted molar refractivity (Wildman–Crippen MR) is 108 cm³/mol. The second-order valence-corrected chi connectivity index (χ2v) is 6.73. The molecule has 0 aromatic heterocycles. The van der Waals surface area contributed by atoms with E-state index in [2.05, 4.69) is 15.5 Å². The maximum Gasteiger partial charge on any atom is 0.323 e. The molecule has 2 amide bonds. The average Bonchev–Trinajstić information content (AvgIpc) is 2.67. The summed E-state index contributed by atoms with van der Waals surface area (Å²) in [5.41, 5.74) is 3.65. The van der Waals surface area contributed by atoms with Crippen LogP contribution < -0.4 is 15.4 Å². The van der Waals surface area contributed by atoms with Crippen LogP contribution >= 0.6 is 0 Å². The topological polar surface area (TPSA) is 62.8 Å². The first-order valence-electron chi connectivity index (χ1n) is 9.28. The monoisotopic (exact) mass is 369 g/mol. The fraction of sp³-hybridized carbons (Fsp3) is 0.381. The SMILES string of the molecule is Cc1ccc(NC(=O)Nc2ccc(C)c(OCCN3CCOCC3)c2)cc1. The molecule has 2 aromatic carbocycles. The van der Waals surface area contributed by atoms with Crippen LogP contribution in [0.25, 0.3) is 0 Å². The number of benzene rings is 2. The van der Waals surface area contributed by atoms with E-state index in [1.807, 2.05) is 56.3 Å². The van der Waals surface area contributed by atoms with Gasteiger partial charge in [0.05, 0.1) is 13.2 Å². The molecule has 0 spiro atoms. The molecule has 2 aromatic rings. The van der Waals surface area contributed by atoms with Gasteiger partial charge >= 0.3 is 6.03 Å². The minimum atomic E-state index is -0.276. The molecular formula is C21H27N3O3. The maximum atomic E-state index is 12.2. The lowest BCUT2D eigenvalue weighted by atomic mass is 10.2. The van der Waals surface area contributed by atoms with E-state index in [9.17, 15) is 4.79 Å². The van der Waals surface area contributed by atoms with E-state index < -0.39 is 0 Å². The van der Waals surface area contributed by atoms with Crippen LogP contribution in [0.5, 0.6) is 5.75 Å². The van der Waals surface area contributed by atoms with Crippen molar-refractivity contribution in [3.05, 3.63) is 53.6 Å². The van der Waals surface area contributed by atoms with Crippen molar-refractivity contribution in [1.29, 1.82) is 0 Å². The summed E-state index contributed by atoms with van der Waals surface area (Å²) >= 11 is 0. The van der Waals surface area contributed by atoms with Crippen LogP contribution in [0.3, 0.4) is 0 Å². The van der Waals surface area contributed by atoms with Crippen molar-refractivity contribution in [2.45, 2.75) is 13.8 Å². The van der Waals surface area contributed by atoms with E-state index in [1.165, 1.54) is 0 Å². The number of nitrogens with one attached hydrogen (secondary N) is 2. The minimum Gasteiger partial charge on any atom is -0.492 e. The van der Waals surface area contributed by atoms with Crippen molar-refractivity contribution < 1.29 is 14.3 Å². The van der Waals surface area contributed by atoms with Crippen molar-refractivity contribution in [2.24, 2.45) is 0 Å². The van der Waals surface area contributed by atoms with Gasteiger partial charge in [-0.2, -0.15) is 0 Å². The minimum absolute atomic E-state index is 0.276. The molecule has 0 aliphatic carbocycles. The highest BCUT2D eigenvalue weighted by atomic mass is 16.5. The Morgan fingerprint density at radius 2 is 1.70 bits per heavy atom. The van der Waals surface area contributed by atoms with E-state index in [4.69, 9.17) is 9.47 Å². The van der Waals surface area contributed by atoms with Crippen LogP contribution in [0.15, 0.2) is 42.5 Å². The smallest absolute Gasteiger partial charge is 0.323 e. The third-order valence-electron chi connectivity index (χ3n) is 4.52. The zero-order valence-electron chi connectivity index (χ0n) is 16.0. The molecule has 1 aliphatic rings. The van der Waals surface area contributed by atoms with E-state index in [-0.39, 0.29) is 6.03 Å². The second-order valence-electron chi connectivity index (χ2n) is 6.73. The summed E-state index contributed by atoms with van der Waals surface area (Å²) in [7, 11) is 0. The number of hydrogen-bond donors (Lipinski definition) is 2. The van der Waals surface area contributed by atoms with E-state index in [0.29, 0.717) is 12.3 Å². The molecule has 3 rings (SSSR count). The van der Waals surface area contributed by atoms with Crippen molar-refractivity contribution in [1.82, 2.24) is 4.90 Å². The maximum absolute atomic E-state index is 12.2. The first kappa shape index (κ1) is 19.2. The molecule has 0 unspecified atom stereocenters. The number of carbonyl (C=O) groups excluding carboxylic acids is 1. The normalized spacial score (nSPS) is 14.6. The Kier molecular flexibility index (Phi) is 6.68. The standard InChI is InChI=1S/C21H27N3O3/c1-16-3-6-18(7-4-16)22-21(25)23-19-8-5-17(2)20(15-19)27-14-11-24-9-12-26-13-10-24/h3-8,15H,9-14H2,1-2H3,(H2,22,23,25). The number of aryl methyl sites for hydroxylation is 2. The van der Waals surface area contributed by atoms with Gasteiger partial charge in [0.1, 0.15) is 12.4 Å². The Bertz CT molecular complexity index is 756. The molecule has 0 saturated carbocycles. The van der Waals surface area contributed by atoms with Crippen molar-refractivity contribution in [3.8, 4) is 5.75 Å². The van der Waals surface area contributed by atoms with Gasteiger partial charge in [-0.3, -0.25) is 4.90 Å². The van der Waals surface area contributed by atoms with Gasteiger partial charge in [-0.25, -0.2) is 4.79 Å². The Morgan fingerprint density at radius 3 is 2.44 bits per heavy atom. The van der Waals surface area contributed by atoms with Crippen LogP contribution in [0.4, 0.5) is 16.2 Å². The van der Waals surface area contributed by atoms with Gasteiger partial charge in [-0.15, -0.1) is 0 Å². The van der Waals surface area contributed by atoms with Gasteiger partial charge in [0.15, 0.2) is 0 Å². The first-order valence-corrected chi connectivity index (χ1v) is 9.28. The third-order valence-corrected chi connectivity index (χ3v) is 4.52. The number of rotatable bonds is 6. The van der Waals surface area contributed by atoms with Gasteiger partial charge in [0, 0.05) is 37.1 Å². The molecule has 0 bridgehead atoms. The van der Waals surface area contributed by atoms with Crippen molar-refractivity contribution in [2.75, 3.05) is 50.1 Å². The molecule has 27 heavy (non-hydrogen) atoms. The van der Waals surface area contributed by atoms with Gasteiger partial charge < -0.3 is 20.1 Å². The van der Waals surface area contributed by atoms with Crippen molar-refractivity contribution in [3.63, 3.8) is 0 Å². The van der Waals surface area contributed by atoms with Gasteiger partial charge in [-0.05, 0) is 37.6 Å². The van der Waals surface area contributed by atoms with Gasteiger partial charge in [0.2, 0.25) is 0 Å². The van der Waals surface area contributed by atoms with E-state index in [0.717, 1.165) is 55.4 Å². The molecule has 6 heteroatoms. The zero-order valence-corrected chi connectivity index (χ0v) is 16.0. The summed E-state index contributed by atoms with van der Waals surface area (Å²) in [5.74, 6) is 0.788. The summed E-state index contributed by atoms with van der Waals surface area (Å²) in [6, 6.07) is 13.1. The number of anilines is 2. The Hall–Kier alpha value is -2.57. The average molecular weight is 369 g/mol. The highest BCUT2D eigenvalue weighted by Crippen LogP contribution is 2.23. The highest BCUT2D eigenvalue weighted by molar-refractivity contribution is 5.99. The zero-order chi connectivity index (χ0) is 19.1. The van der Waals surface area contributed by atoms with Crippen LogP contribution in [0, 0.1) is 13.8 Å². The van der Waals surface area contributed by atoms with Gasteiger partial charge in [-0.1, -0.05) is 23.8 Å². The molecule has 0 radical (unpaired) electrons. The van der Waals surface area contributed by atoms with E-state index >= 15 is 0 Å². The second kappa shape index (κ2) is 9.39. The Labute approximate surface area is 160 Å². The third kappa shape index (κ3) is 5.98. The molecule has 2 N–H and O–H groups in total. The van der Waals surface area contributed by atoms with Crippen LogP contribution in [-0.2, 0) is 4.74 Å². The largest absolute Gasteiger partial charge is 0.492 e. The van der Waals surface area contributed by atoms with Crippen molar-refractivity contribution >= 4 is 17.4 Å². The lowest BCUT2D eigenvalue weighted by Crippen LogP contribution is -2.38. The molecular weight excluding hydrogens is 342 g/mol. The molecule has 1 aliphatic heterocycles. The lowest BCUT2D eigenvalue weighted by Gasteiger charge is -2.26. The quantitative estimate of drug-likeness (QED) is 0.816. The molecule has 1 saturated heterocycles. The summed E-state index contributed by atoms with van der Waals surface area (Å²) in [6.07, 6.45) is 0. The van der Waals surface area contributed by atoms with Crippen LogP contribution in [0.2, 0.25) is 0 Å². The molecule has 1 heterocycles. The number of hydrogen-bond acceptors (Lipinski definition) is 4. The number of ether oxygens (including phenoxy) is 2. The highest BCUT2D eigenvalue weighted by Gasteiger charge is 2.11. The fourth-order valence-electron chi connectivity index (χ4n) is 2.87. The number of morpholine rings is 1. The number of carbonyl (C=O) groups is 1. The lowest BCUT2D eigenvalue weighted by molar-refractivity contribution is 0.0322. The van der Waals surface area contributed by atoms with Crippen LogP contribution in [0.1, 0.15) is 11.1 Å². The molecule has 144 valence electrons. The Morgan fingerprint density at radius 1 is 1.04 bits per heavy atom. The molecule has 0 atom stereocenters. The number of amides is 2. The number of urea groups is 1. The first-order chi connectivity index (χ1) is 13.1. The Balaban J connectivity index is 1.52. The fourth-order valence-corrected chi connectivity index (χ4v) is 2.87. The molecule has 6 nitrogen and oxygen atoms in total. The summed E-state index contributed by atoms with van der Waals surface area (Å²) in [5, 5.41) is 5.68. The summed E-state index contributed by atoms with van der Waals surface area (Å²) in [6.45, 7) is 8.96. The number of nitrogens with zero attached hydrogens (tertiary/aromatic N) is 1.